The van der Waals surface area contributed by atoms with E-state index in [1.54, 1.807) is 6.92 Å². The summed E-state index contributed by atoms with van der Waals surface area (Å²) in [6, 6.07) is -0.485. The van der Waals surface area contributed by atoms with Gasteiger partial charge in [0.25, 0.3) is 0 Å². The van der Waals surface area contributed by atoms with Crippen LogP contribution in [0.15, 0.2) is 0 Å². The summed E-state index contributed by atoms with van der Waals surface area (Å²) in [6.07, 6.45) is 0.374. The van der Waals surface area contributed by atoms with Gasteiger partial charge in [0, 0.05) is 25.0 Å². The lowest BCUT2D eigenvalue weighted by atomic mass is 10.1. The van der Waals surface area contributed by atoms with Crippen molar-refractivity contribution in [2.24, 2.45) is 5.92 Å². The first-order chi connectivity index (χ1) is 8.61. The van der Waals surface area contributed by atoms with Gasteiger partial charge in [-0.05, 0) is 33.6 Å². The summed E-state index contributed by atoms with van der Waals surface area (Å²) in [7, 11) is 0. The smallest absolute Gasteiger partial charge is 0.242 e. The van der Waals surface area contributed by atoms with Crippen LogP contribution in [0.5, 0.6) is 0 Å². The molecule has 0 aliphatic carbocycles. The summed E-state index contributed by atoms with van der Waals surface area (Å²) in [4.78, 5) is 23.3. The first-order valence-corrected chi connectivity index (χ1v) is 6.94. The van der Waals surface area contributed by atoms with Crippen LogP contribution >= 0.6 is 0 Å². The lowest BCUT2D eigenvalue weighted by Crippen LogP contribution is -2.46. The van der Waals surface area contributed by atoms with Gasteiger partial charge in [-0.1, -0.05) is 13.8 Å². The molecule has 112 valence electrons. The Morgan fingerprint density at radius 2 is 1.68 bits per heavy atom. The van der Waals surface area contributed by atoms with Gasteiger partial charge in [-0.15, -0.1) is 0 Å². The molecule has 0 rings (SSSR count). The van der Waals surface area contributed by atoms with Crippen molar-refractivity contribution in [3.63, 3.8) is 0 Å². The van der Waals surface area contributed by atoms with Crippen LogP contribution in [-0.4, -0.2) is 36.5 Å². The van der Waals surface area contributed by atoms with E-state index in [1.165, 1.54) is 0 Å². The van der Waals surface area contributed by atoms with E-state index < -0.39 is 6.04 Å². The van der Waals surface area contributed by atoms with E-state index in [1.807, 2.05) is 34.6 Å². The van der Waals surface area contributed by atoms with Gasteiger partial charge in [-0.25, -0.2) is 0 Å². The highest BCUT2D eigenvalue weighted by Gasteiger charge is 2.16. The minimum atomic E-state index is -0.485. The summed E-state index contributed by atoms with van der Waals surface area (Å²) in [5, 5.41) is 8.73. The second-order valence-corrected chi connectivity index (χ2v) is 6.35. The molecule has 5 heteroatoms. The molecule has 5 nitrogen and oxygen atoms in total. The molecule has 1 atom stereocenters. The highest BCUT2D eigenvalue weighted by Crippen LogP contribution is 1.98. The number of amides is 2. The fraction of sp³-hybridized carbons (Fsp3) is 0.857. The maximum atomic E-state index is 11.7. The highest BCUT2D eigenvalue weighted by molar-refractivity contribution is 5.87. The molecule has 0 saturated carbocycles. The Bertz CT molecular complexity index is 296. The zero-order valence-electron chi connectivity index (χ0n) is 13.1. The van der Waals surface area contributed by atoms with Crippen molar-refractivity contribution in [3.8, 4) is 0 Å². The third kappa shape index (κ3) is 10.5. The third-order valence-corrected chi connectivity index (χ3v) is 2.46. The molecular formula is C14H29N3O2. The maximum Gasteiger partial charge on any atom is 0.242 e. The van der Waals surface area contributed by atoms with Gasteiger partial charge in [-0.3, -0.25) is 9.59 Å². The molecule has 0 aliphatic heterocycles. The Labute approximate surface area is 116 Å². The molecule has 0 radical (unpaired) electrons. The standard InChI is InChI=1S/C14H29N3O2/c1-10(2)9-15-13(19)11(3)17-12(18)7-8-16-14(4,5)6/h10-11,16H,7-9H2,1-6H3,(H,15,19)(H,17,18). The first kappa shape index (κ1) is 17.9. The molecule has 0 aromatic rings. The fourth-order valence-corrected chi connectivity index (χ4v) is 1.39. The third-order valence-electron chi connectivity index (χ3n) is 2.46. The van der Waals surface area contributed by atoms with Crippen molar-refractivity contribution < 1.29 is 9.59 Å². The number of hydrogen-bond donors (Lipinski definition) is 3. The van der Waals surface area contributed by atoms with E-state index in [0.29, 0.717) is 25.4 Å². The van der Waals surface area contributed by atoms with Gasteiger partial charge in [0.1, 0.15) is 6.04 Å². The van der Waals surface area contributed by atoms with Crippen molar-refractivity contribution in [2.75, 3.05) is 13.1 Å². The van der Waals surface area contributed by atoms with Crippen molar-refractivity contribution in [3.05, 3.63) is 0 Å². The minimum Gasteiger partial charge on any atom is -0.354 e. The topological polar surface area (TPSA) is 70.2 Å². The van der Waals surface area contributed by atoms with Crippen LogP contribution < -0.4 is 16.0 Å². The monoisotopic (exact) mass is 271 g/mol. The maximum absolute atomic E-state index is 11.7. The molecule has 0 saturated heterocycles. The Balaban J connectivity index is 3.89. The summed E-state index contributed by atoms with van der Waals surface area (Å²) in [5.74, 6) is 0.164. The van der Waals surface area contributed by atoms with E-state index in [4.69, 9.17) is 0 Å². The van der Waals surface area contributed by atoms with Crippen LogP contribution in [0.2, 0.25) is 0 Å². The number of carbonyl (C=O) groups excluding carboxylic acids is 2. The second kappa shape index (κ2) is 8.15. The Kier molecular flexibility index (Phi) is 7.68. The zero-order chi connectivity index (χ0) is 15.1. The van der Waals surface area contributed by atoms with Crippen LogP contribution in [0, 0.1) is 5.92 Å². The van der Waals surface area contributed by atoms with Crippen LogP contribution in [0.1, 0.15) is 48.0 Å². The van der Waals surface area contributed by atoms with Gasteiger partial charge in [0.15, 0.2) is 0 Å². The highest BCUT2D eigenvalue weighted by atomic mass is 16.2. The normalized spacial score (nSPS) is 13.2. The molecule has 0 heterocycles. The largest absolute Gasteiger partial charge is 0.354 e. The van der Waals surface area contributed by atoms with E-state index in [0.717, 1.165) is 0 Å². The lowest BCUT2D eigenvalue weighted by Gasteiger charge is -2.20. The van der Waals surface area contributed by atoms with Crippen LogP contribution in [-0.2, 0) is 9.59 Å². The number of hydrogen-bond acceptors (Lipinski definition) is 3. The van der Waals surface area contributed by atoms with E-state index >= 15 is 0 Å². The van der Waals surface area contributed by atoms with Gasteiger partial charge in [-0.2, -0.15) is 0 Å². The predicted octanol–water partition coefficient (Wildman–Crippen LogP) is 1.04. The van der Waals surface area contributed by atoms with E-state index in [2.05, 4.69) is 16.0 Å². The van der Waals surface area contributed by atoms with Gasteiger partial charge in [0.2, 0.25) is 11.8 Å². The quantitative estimate of drug-likeness (QED) is 0.648. The van der Waals surface area contributed by atoms with Crippen molar-refractivity contribution in [1.82, 2.24) is 16.0 Å². The Morgan fingerprint density at radius 3 is 2.16 bits per heavy atom. The molecule has 19 heavy (non-hydrogen) atoms. The minimum absolute atomic E-state index is 0.000531. The molecule has 1 unspecified atom stereocenters. The fourth-order valence-electron chi connectivity index (χ4n) is 1.39. The SMILES string of the molecule is CC(C)CNC(=O)C(C)NC(=O)CCNC(C)(C)C. The average Bonchev–Trinajstić information content (AvgIpc) is 2.23. The number of rotatable bonds is 7. The number of nitrogens with one attached hydrogen (secondary N) is 3. The number of carbonyl (C=O) groups is 2. The van der Waals surface area contributed by atoms with E-state index in [9.17, 15) is 9.59 Å². The molecule has 0 aromatic heterocycles. The summed E-state index contributed by atoms with van der Waals surface area (Å²) >= 11 is 0. The van der Waals surface area contributed by atoms with Gasteiger partial charge in [0.05, 0.1) is 0 Å². The van der Waals surface area contributed by atoms with Crippen LogP contribution in [0.4, 0.5) is 0 Å². The first-order valence-electron chi connectivity index (χ1n) is 6.94. The van der Waals surface area contributed by atoms with E-state index in [-0.39, 0.29) is 17.4 Å². The Morgan fingerprint density at radius 1 is 1.11 bits per heavy atom. The van der Waals surface area contributed by atoms with Gasteiger partial charge < -0.3 is 16.0 Å². The van der Waals surface area contributed by atoms with Gasteiger partial charge >= 0.3 is 0 Å². The lowest BCUT2D eigenvalue weighted by molar-refractivity contribution is -0.128. The molecule has 0 bridgehead atoms. The van der Waals surface area contributed by atoms with Crippen molar-refractivity contribution in [1.29, 1.82) is 0 Å². The second-order valence-electron chi connectivity index (χ2n) is 6.35. The van der Waals surface area contributed by atoms with Crippen molar-refractivity contribution >= 4 is 11.8 Å². The molecular weight excluding hydrogens is 242 g/mol. The summed E-state index contributed by atoms with van der Waals surface area (Å²) < 4.78 is 0. The molecule has 2 amide bonds. The average molecular weight is 271 g/mol. The van der Waals surface area contributed by atoms with Crippen LogP contribution in [0.25, 0.3) is 0 Å². The zero-order valence-corrected chi connectivity index (χ0v) is 13.1. The predicted molar refractivity (Wildman–Crippen MR) is 77.8 cm³/mol. The molecule has 0 spiro atoms. The van der Waals surface area contributed by atoms with Crippen molar-refractivity contribution in [2.45, 2.75) is 59.5 Å². The molecule has 0 fully saturated rings. The molecule has 3 N–H and O–H groups in total. The Hall–Kier alpha value is -1.10. The summed E-state index contributed by atoms with van der Waals surface area (Å²) in [5.41, 5.74) is 0.000531. The summed E-state index contributed by atoms with van der Waals surface area (Å²) in [6.45, 7) is 13.1. The molecule has 0 aliphatic rings. The van der Waals surface area contributed by atoms with Crippen LogP contribution in [0.3, 0.4) is 0 Å². The molecule has 0 aromatic carbocycles.